The number of hydrogen-bond acceptors (Lipinski definition) is 3. The van der Waals surface area contributed by atoms with Crippen LogP contribution in [0, 0.1) is 5.82 Å². The molecule has 2 aromatic rings. The van der Waals surface area contributed by atoms with Gasteiger partial charge in [0.15, 0.2) is 12.0 Å². The van der Waals surface area contributed by atoms with Crippen LogP contribution in [0.15, 0.2) is 34.7 Å². The van der Waals surface area contributed by atoms with Crippen molar-refractivity contribution >= 4 is 6.29 Å². The first-order chi connectivity index (χ1) is 9.76. The van der Waals surface area contributed by atoms with Crippen LogP contribution in [0.5, 0.6) is 5.75 Å². The largest absolute Gasteiger partial charge is 0.490 e. The Morgan fingerprint density at radius 3 is 2.70 bits per heavy atom. The second kappa shape index (κ2) is 5.49. The van der Waals surface area contributed by atoms with E-state index in [0.717, 1.165) is 25.7 Å². The Morgan fingerprint density at radius 2 is 2.00 bits per heavy atom. The van der Waals surface area contributed by atoms with E-state index in [4.69, 9.17) is 9.15 Å². The van der Waals surface area contributed by atoms with Crippen molar-refractivity contribution in [1.29, 1.82) is 0 Å². The molecule has 3 rings (SSSR count). The van der Waals surface area contributed by atoms with Crippen LogP contribution in [0.25, 0.3) is 11.3 Å². The molecule has 0 saturated heterocycles. The summed E-state index contributed by atoms with van der Waals surface area (Å²) in [5.74, 6) is 0.906. The van der Waals surface area contributed by atoms with Crippen LogP contribution in [0.4, 0.5) is 4.39 Å². The van der Waals surface area contributed by atoms with Gasteiger partial charge in [0, 0.05) is 0 Å². The Balaban J connectivity index is 1.94. The molecular formula is C16H15FO3. The van der Waals surface area contributed by atoms with Crippen LogP contribution in [0.3, 0.4) is 0 Å². The number of benzene rings is 1. The van der Waals surface area contributed by atoms with Gasteiger partial charge in [0.2, 0.25) is 0 Å². The Bertz CT molecular complexity index is 612. The van der Waals surface area contributed by atoms with Crippen molar-refractivity contribution in [3.8, 4) is 17.1 Å². The first-order valence-corrected chi connectivity index (χ1v) is 6.78. The third-order valence-electron chi connectivity index (χ3n) is 3.55. The van der Waals surface area contributed by atoms with E-state index < -0.39 is 0 Å². The molecule has 0 bridgehead atoms. The van der Waals surface area contributed by atoms with Gasteiger partial charge >= 0.3 is 0 Å². The van der Waals surface area contributed by atoms with Gasteiger partial charge in [0.05, 0.1) is 11.7 Å². The van der Waals surface area contributed by atoms with Gasteiger partial charge in [-0.1, -0.05) is 0 Å². The minimum absolute atomic E-state index is 0.180. The monoisotopic (exact) mass is 274 g/mol. The van der Waals surface area contributed by atoms with E-state index in [1.165, 1.54) is 12.1 Å². The molecule has 1 fully saturated rings. The van der Waals surface area contributed by atoms with Crippen molar-refractivity contribution in [3.05, 3.63) is 41.9 Å². The van der Waals surface area contributed by atoms with E-state index >= 15 is 0 Å². The van der Waals surface area contributed by atoms with Gasteiger partial charge in [-0.05, 0) is 56.0 Å². The lowest BCUT2D eigenvalue weighted by atomic mass is 10.1. The maximum Gasteiger partial charge on any atom is 0.185 e. The van der Waals surface area contributed by atoms with Crippen LogP contribution in [0.2, 0.25) is 0 Å². The molecule has 0 atom stereocenters. The zero-order valence-electron chi connectivity index (χ0n) is 11.0. The molecule has 3 nitrogen and oxygen atoms in total. The molecule has 0 radical (unpaired) electrons. The maximum atomic E-state index is 13.5. The highest BCUT2D eigenvalue weighted by molar-refractivity contribution is 5.74. The summed E-state index contributed by atoms with van der Waals surface area (Å²) < 4.78 is 24.8. The average Bonchev–Trinajstić information content (AvgIpc) is 3.11. The number of furan rings is 1. The number of aldehydes is 1. The highest BCUT2D eigenvalue weighted by atomic mass is 19.1. The lowest BCUT2D eigenvalue weighted by Gasteiger charge is -2.15. The van der Waals surface area contributed by atoms with E-state index in [9.17, 15) is 9.18 Å². The van der Waals surface area contributed by atoms with Gasteiger partial charge in [0.25, 0.3) is 0 Å². The number of rotatable bonds is 4. The summed E-state index contributed by atoms with van der Waals surface area (Å²) in [6.45, 7) is 0. The Kier molecular flexibility index (Phi) is 3.54. The molecule has 104 valence electrons. The fourth-order valence-corrected chi connectivity index (χ4v) is 2.54. The summed E-state index contributed by atoms with van der Waals surface area (Å²) in [7, 11) is 0. The van der Waals surface area contributed by atoms with Crippen molar-refractivity contribution in [2.24, 2.45) is 0 Å². The fraction of sp³-hybridized carbons (Fsp3) is 0.312. The van der Waals surface area contributed by atoms with Crippen LogP contribution >= 0.6 is 0 Å². The lowest BCUT2D eigenvalue weighted by molar-refractivity contribution is 0.110. The first kappa shape index (κ1) is 12.9. The highest BCUT2D eigenvalue weighted by Gasteiger charge is 2.19. The molecular weight excluding hydrogens is 259 g/mol. The standard InChI is InChI=1S/C16H15FO3/c17-11-5-7-15(19-12-3-1-2-4-12)14(9-11)16-8-6-13(10-18)20-16/h5-10,12H,1-4H2. The minimum Gasteiger partial charge on any atom is -0.490 e. The predicted octanol–water partition coefficient (Wildman–Crippen LogP) is 4.22. The van der Waals surface area contributed by atoms with E-state index in [0.29, 0.717) is 23.4 Å². The van der Waals surface area contributed by atoms with Crippen molar-refractivity contribution in [3.63, 3.8) is 0 Å². The van der Waals surface area contributed by atoms with Crippen LogP contribution in [-0.4, -0.2) is 12.4 Å². The van der Waals surface area contributed by atoms with Crippen molar-refractivity contribution in [2.75, 3.05) is 0 Å². The zero-order valence-corrected chi connectivity index (χ0v) is 11.0. The average molecular weight is 274 g/mol. The molecule has 1 heterocycles. The first-order valence-electron chi connectivity index (χ1n) is 6.78. The molecule has 1 aromatic carbocycles. The third-order valence-corrected chi connectivity index (χ3v) is 3.55. The number of carbonyl (C=O) groups excluding carboxylic acids is 1. The van der Waals surface area contributed by atoms with Gasteiger partial charge in [-0.25, -0.2) is 4.39 Å². The van der Waals surface area contributed by atoms with Gasteiger partial charge in [-0.15, -0.1) is 0 Å². The van der Waals surface area contributed by atoms with E-state index in [-0.39, 0.29) is 17.7 Å². The van der Waals surface area contributed by atoms with Gasteiger partial charge in [-0.2, -0.15) is 0 Å². The summed E-state index contributed by atoms with van der Waals surface area (Å²) in [6, 6.07) is 7.58. The van der Waals surface area contributed by atoms with Crippen LogP contribution < -0.4 is 4.74 Å². The van der Waals surface area contributed by atoms with Crippen molar-refractivity contribution in [2.45, 2.75) is 31.8 Å². The fourth-order valence-electron chi connectivity index (χ4n) is 2.54. The predicted molar refractivity (Wildman–Crippen MR) is 72.4 cm³/mol. The molecule has 20 heavy (non-hydrogen) atoms. The molecule has 1 saturated carbocycles. The van der Waals surface area contributed by atoms with Gasteiger partial charge in [0.1, 0.15) is 17.3 Å². The summed E-state index contributed by atoms with van der Waals surface area (Å²) in [5.41, 5.74) is 0.546. The lowest BCUT2D eigenvalue weighted by Crippen LogP contribution is -2.11. The third kappa shape index (κ3) is 2.59. The summed E-state index contributed by atoms with van der Waals surface area (Å²) in [6.07, 6.45) is 5.18. The molecule has 0 unspecified atom stereocenters. The second-order valence-corrected chi connectivity index (χ2v) is 4.98. The van der Waals surface area contributed by atoms with Gasteiger partial charge < -0.3 is 9.15 Å². The normalized spacial score (nSPS) is 15.4. The van der Waals surface area contributed by atoms with E-state index in [1.54, 1.807) is 18.2 Å². The maximum absolute atomic E-state index is 13.5. The number of hydrogen-bond donors (Lipinski definition) is 0. The van der Waals surface area contributed by atoms with Crippen molar-refractivity contribution < 1.29 is 18.3 Å². The summed E-state index contributed by atoms with van der Waals surface area (Å²) in [5, 5.41) is 0. The van der Waals surface area contributed by atoms with Crippen molar-refractivity contribution in [1.82, 2.24) is 0 Å². The van der Waals surface area contributed by atoms with Gasteiger partial charge in [-0.3, -0.25) is 4.79 Å². The zero-order chi connectivity index (χ0) is 13.9. The Hall–Kier alpha value is -2.10. The SMILES string of the molecule is O=Cc1ccc(-c2cc(F)ccc2OC2CCCC2)o1. The molecule has 0 aliphatic heterocycles. The molecule has 1 aliphatic carbocycles. The minimum atomic E-state index is -0.358. The molecule has 0 N–H and O–H groups in total. The second-order valence-electron chi connectivity index (χ2n) is 4.98. The number of ether oxygens (including phenoxy) is 1. The van der Waals surface area contributed by atoms with E-state index in [1.807, 2.05) is 0 Å². The Morgan fingerprint density at radius 1 is 1.20 bits per heavy atom. The Labute approximate surface area is 116 Å². The van der Waals surface area contributed by atoms with E-state index in [2.05, 4.69) is 0 Å². The van der Waals surface area contributed by atoms with Crippen LogP contribution in [0.1, 0.15) is 36.2 Å². The molecule has 0 amide bonds. The summed E-state index contributed by atoms with van der Waals surface area (Å²) >= 11 is 0. The molecule has 1 aliphatic rings. The molecule has 1 aromatic heterocycles. The summed E-state index contributed by atoms with van der Waals surface area (Å²) in [4.78, 5) is 10.7. The van der Waals surface area contributed by atoms with Crippen LogP contribution in [-0.2, 0) is 0 Å². The smallest absolute Gasteiger partial charge is 0.185 e. The number of halogens is 1. The highest BCUT2D eigenvalue weighted by Crippen LogP contribution is 2.34. The quantitative estimate of drug-likeness (QED) is 0.784. The number of carbonyl (C=O) groups is 1. The molecule has 4 heteroatoms. The molecule has 0 spiro atoms. The topological polar surface area (TPSA) is 39.4 Å².